The first-order chi connectivity index (χ1) is 13.5. The van der Waals surface area contributed by atoms with Crippen molar-refractivity contribution in [3.8, 4) is 0 Å². The second kappa shape index (κ2) is 7.55. The van der Waals surface area contributed by atoms with Crippen molar-refractivity contribution in [2.45, 2.75) is 25.8 Å². The molecule has 28 heavy (non-hydrogen) atoms. The van der Waals surface area contributed by atoms with Crippen LogP contribution in [0.2, 0.25) is 0 Å². The van der Waals surface area contributed by atoms with E-state index in [0.717, 1.165) is 28.1 Å². The number of benzene rings is 2. The largest absolute Gasteiger partial charge is 0.326 e. The fraction of sp³-hybridized carbons (Fsp3) is 0.250. The number of thiazole rings is 1. The molecule has 2 heterocycles. The van der Waals surface area contributed by atoms with Crippen LogP contribution < -0.4 is 10.6 Å². The van der Waals surface area contributed by atoms with Crippen molar-refractivity contribution in [1.82, 2.24) is 9.88 Å². The quantitative estimate of drug-likeness (QED) is 0.668. The Hall–Kier alpha value is -3.00. The van der Waals surface area contributed by atoms with Crippen molar-refractivity contribution < 1.29 is 14.0 Å². The van der Waals surface area contributed by atoms with Gasteiger partial charge in [0.1, 0.15) is 10.8 Å². The summed E-state index contributed by atoms with van der Waals surface area (Å²) in [6.45, 7) is 1.95. The Morgan fingerprint density at radius 2 is 2.04 bits per heavy atom. The van der Waals surface area contributed by atoms with Gasteiger partial charge in [0.05, 0.1) is 21.9 Å². The van der Waals surface area contributed by atoms with Crippen molar-refractivity contribution in [3.63, 3.8) is 0 Å². The Morgan fingerprint density at radius 1 is 1.21 bits per heavy atom. The number of fused-ring (bicyclic) bond motifs is 1. The Bertz CT molecular complexity index is 1020. The van der Waals surface area contributed by atoms with Crippen molar-refractivity contribution >= 4 is 44.9 Å². The predicted octanol–water partition coefficient (Wildman–Crippen LogP) is 4.76. The smallest absolute Gasteiger partial charge is 0.322 e. The first-order valence-corrected chi connectivity index (χ1v) is 9.83. The number of nitrogens with one attached hydrogen (secondary N) is 2. The van der Waals surface area contributed by atoms with Crippen molar-refractivity contribution in [2.75, 3.05) is 17.2 Å². The van der Waals surface area contributed by atoms with Gasteiger partial charge in [0.2, 0.25) is 5.91 Å². The van der Waals surface area contributed by atoms with E-state index in [1.165, 1.54) is 25.1 Å². The molecule has 2 N–H and O–H groups in total. The van der Waals surface area contributed by atoms with Crippen LogP contribution in [0.3, 0.4) is 0 Å². The number of aromatic nitrogens is 1. The van der Waals surface area contributed by atoms with Crippen LogP contribution in [0, 0.1) is 5.82 Å². The summed E-state index contributed by atoms with van der Waals surface area (Å²) in [6, 6.07) is 11.5. The number of amides is 3. The average Bonchev–Trinajstić information content (AvgIpc) is 3.30. The molecule has 1 aliphatic rings. The number of halogens is 1. The number of hydrogen-bond acceptors (Lipinski definition) is 4. The summed E-state index contributed by atoms with van der Waals surface area (Å²) in [7, 11) is 0. The van der Waals surface area contributed by atoms with Crippen LogP contribution in [0.4, 0.5) is 20.6 Å². The van der Waals surface area contributed by atoms with Gasteiger partial charge in [-0.2, -0.15) is 0 Å². The summed E-state index contributed by atoms with van der Waals surface area (Å²) in [5, 5.41) is 6.11. The summed E-state index contributed by atoms with van der Waals surface area (Å²) in [6.07, 6.45) is 1.68. The van der Waals surface area contributed by atoms with Gasteiger partial charge in [0.15, 0.2) is 0 Å². The van der Waals surface area contributed by atoms with Crippen LogP contribution in [0.15, 0.2) is 42.5 Å². The molecule has 0 saturated carbocycles. The van der Waals surface area contributed by atoms with E-state index < -0.39 is 5.82 Å². The first-order valence-electron chi connectivity index (χ1n) is 9.01. The molecule has 3 aromatic rings. The molecular formula is C20H19FN4O2S. The third kappa shape index (κ3) is 3.68. The first kappa shape index (κ1) is 18.4. The van der Waals surface area contributed by atoms with E-state index in [1.54, 1.807) is 16.2 Å². The molecule has 0 aliphatic carbocycles. The number of urea groups is 1. The zero-order valence-corrected chi connectivity index (χ0v) is 16.1. The fourth-order valence-electron chi connectivity index (χ4n) is 3.39. The molecule has 6 nitrogen and oxygen atoms in total. The lowest BCUT2D eigenvalue weighted by Crippen LogP contribution is -2.34. The molecule has 1 saturated heterocycles. The minimum atomic E-state index is -0.557. The number of nitrogens with zero attached hydrogens (tertiary/aromatic N) is 2. The van der Waals surface area contributed by atoms with E-state index >= 15 is 0 Å². The molecule has 1 fully saturated rings. The molecule has 0 radical (unpaired) electrons. The number of carbonyl (C=O) groups is 2. The van der Waals surface area contributed by atoms with Crippen molar-refractivity contribution in [1.29, 1.82) is 0 Å². The molecule has 1 aliphatic heterocycles. The number of hydrogen-bond donors (Lipinski definition) is 2. The van der Waals surface area contributed by atoms with Crippen molar-refractivity contribution in [3.05, 3.63) is 53.3 Å². The van der Waals surface area contributed by atoms with Crippen LogP contribution in [-0.2, 0) is 4.79 Å². The molecule has 3 amide bonds. The van der Waals surface area contributed by atoms with Gasteiger partial charge >= 0.3 is 6.03 Å². The summed E-state index contributed by atoms with van der Waals surface area (Å²) in [4.78, 5) is 30.4. The standard InChI is InChI=1S/C20H19FN4O2S/c1-12(26)22-13-8-9-14(21)16(11-13)24-20(27)25-10-4-6-17(25)19-23-15-5-2-3-7-18(15)28-19/h2-3,5,7-9,11,17H,4,6,10H2,1H3,(H,22,26)(H,24,27). The zero-order valence-electron chi connectivity index (χ0n) is 15.2. The third-order valence-electron chi connectivity index (χ3n) is 4.64. The van der Waals surface area contributed by atoms with Crippen LogP contribution in [-0.4, -0.2) is 28.4 Å². The molecular weight excluding hydrogens is 379 g/mol. The number of anilines is 2. The normalized spacial score (nSPS) is 16.4. The second-order valence-electron chi connectivity index (χ2n) is 6.68. The molecule has 1 aromatic heterocycles. The predicted molar refractivity (Wildman–Crippen MR) is 108 cm³/mol. The second-order valence-corrected chi connectivity index (χ2v) is 7.74. The van der Waals surface area contributed by atoms with Gasteiger partial charge in [-0.05, 0) is 43.2 Å². The maximum atomic E-state index is 14.2. The van der Waals surface area contributed by atoms with E-state index in [0.29, 0.717) is 12.2 Å². The van der Waals surface area contributed by atoms with E-state index in [4.69, 9.17) is 0 Å². The molecule has 144 valence electrons. The Morgan fingerprint density at radius 3 is 2.82 bits per heavy atom. The molecule has 2 aromatic carbocycles. The zero-order chi connectivity index (χ0) is 19.7. The van der Waals surface area contributed by atoms with Gasteiger partial charge in [0, 0.05) is 19.2 Å². The highest BCUT2D eigenvalue weighted by atomic mass is 32.1. The lowest BCUT2D eigenvalue weighted by atomic mass is 10.2. The minimum absolute atomic E-state index is 0.0335. The van der Waals surface area contributed by atoms with Crippen LogP contribution in [0.1, 0.15) is 30.8 Å². The van der Waals surface area contributed by atoms with E-state index in [9.17, 15) is 14.0 Å². The lowest BCUT2D eigenvalue weighted by Gasteiger charge is -2.23. The van der Waals surface area contributed by atoms with Crippen molar-refractivity contribution in [2.24, 2.45) is 0 Å². The highest BCUT2D eigenvalue weighted by Gasteiger charge is 2.32. The Kier molecular flexibility index (Phi) is 4.95. The van der Waals surface area contributed by atoms with E-state index in [-0.39, 0.29) is 23.7 Å². The van der Waals surface area contributed by atoms with Crippen LogP contribution in [0.5, 0.6) is 0 Å². The highest BCUT2D eigenvalue weighted by molar-refractivity contribution is 7.18. The number of rotatable bonds is 3. The van der Waals surface area contributed by atoms with Gasteiger partial charge in [-0.3, -0.25) is 4.79 Å². The van der Waals surface area contributed by atoms with Gasteiger partial charge in [-0.1, -0.05) is 12.1 Å². The molecule has 1 atom stereocenters. The highest BCUT2D eigenvalue weighted by Crippen LogP contribution is 2.36. The average molecular weight is 398 g/mol. The number of likely N-dealkylation sites (tertiary alicyclic amines) is 1. The number of para-hydroxylation sites is 1. The Balaban J connectivity index is 1.55. The van der Waals surface area contributed by atoms with E-state index in [1.807, 2.05) is 24.3 Å². The third-order valence-corrected chi connectivity index (χ3v) is 5.78. The van der Waals surface area contributed by atoms with E-state index in [2.05, 4.69) is 15.6 Å². The minimum Gasteiger partial charge on any atom is -0.326 e. The molecule has 1 unspecified atom stereocenters. The van der Waals surface area contributed by atoms with Crippen LogP contribution >= 0.6 is 11.3 Å². The molecule has 4 rings (SSSR count). The summed E-state index contributed by atoms with van der Waals surface area (Å²) in [5.74, 6) is -0.822. The van der Waals surface area contributed by atoms with Gasteiger partial charge < -0.3 is 15.5 Å². The maximum absolute atomic E-state index is 14.2. The molecule has 0 bridgehead atoms. The van der Waals surface area contributed by atoms with Gasteiger partial charge in [-0.25, -0.2) is 14.2 Å². The SMILES string of the molecule is CC(=O)Nc1ccc(F)c(NC(=O)N2CCCC2c2nc3ccccc3s2)c1. The summed E-state index contributed by atoms with van der Waals surface area (Å²) in [5.41, 5.74) is 1.38. The fourth-order valence-corrected chi connectivity index (χ4v) is 4.50. The Labute approximate surface area is 165 Å². The topological polar surface area (TPSA) is 74.3 Å². The maximum Gasteiger partial charge on any atom is 0.322 e. The number of carbonyl (C=O) groups excluding carboxylic acids is 2. The molecule has 0 spiro atoms. The van der Waals surface area contributed by atoms with Crippen LogP contribution in [0.25, 0.3) is 10.2 Å². The van der Waals surface area contributed by atoms with Gasteiger partial charge in [-0.15, -0.1) is 11.3 Å². The lowest BCUT2D eigenvalue weighted by molar-refractivity contribution is -0.114. The van der Waals surface area contributed by atoms with Gasteiger partial charge in [0.25, 0.3) is 0 Å². The summed E-state index contributed by atoms with van der Waals surface area (Å²) >= 11 is 1.58. The summed E-state index contributed by atoms with van der Waals surface area (Å²) < 4.78 is 15.2. The molecule has 8 heteroatoms. The monoisotopic (exact) mass is 398 g/mol.